The van der Waals surface area contributed by atoms with Gasteiger partial charge in [-0.1, -0.05) is 12.7 Å². The Bertz CT molecular complexity index is 658. The van der Waals surface area contributed by atoms with Crippen LogP contribution in [-0.2, 0) is 9.47 Å². The van der Waals surface area contributed by atoms with Crippen LogP contribution in [-0.4, -0.2) is 54.3 Å². The number of aliphatic imine (C=N–C) groups is 1. The van der Waals surface area contributed by atoms with E-state index in [4.69, 9.17) is 9.47 Å². The molecule has 2 atom stereocenters. The first-order valence-electron chi connectivity index (χ1n) is 8.08. The highest BCUT2D eigenvalue weighted by atomic mass is 16.6. The highest BCUT2D eigenvalue weighted by molar-refractivity contribution is 5.99. The van der Waals surface area contributed by atoms with Crippen LogP contribution in [0.2, 0.25) is 0 Å². The van der Waals surface area contributed by atoms with Crippen molar-refractivity contribution in [3.8, 4) is 0 Å². The van der Waals surface area contributed by atoms with Crippen molar-refractivity contribution < 1.29 is 14.3 Å². The van der Waals surface area contributed by atoms with E-state index in [0.717, 1.165) is 17.1 Å². The van der Waals surface area contributed by atoms with Gasteiger partial charge in [0, 0.05) is 30.7 Å². The van der Waals surface area contributed by atoms with Crippen LogP contribution in [0.4, 0.5) is 4.79 Å². The largest absolute Gasteiger partial charge is 0.442 e. The van der Waals surface area contributed by atoms with E-state index in [-0.39, 0.29) is 12.3 Å². The Morgan fingerprint density at radius 1 is 1.68 bits per heavy atom. The van der Waals surface area contributed by atoms with Gasteiger partial charge in [-0.2, -0.15) is 0 Å². The first-order valence-corrected chi connectivity index (χ1v) is 8.08. The Morgan fingerprint density at radius 3 is 3.08 bits per heavy atom. The summed E-state index contributed by atoms with van der Waals surface area (Å²) in [6.07, 6.45) is 6.05. The van der Waals surface area contributed by atoms with Gasteiger partial charge < -0.3 is 19.7 Å². The van der Waals surface area contributed by atoms with Crippen LogP contribution in [0, 0.1) is 0 Å². The molecule has 0 bridgehead atoms. The second-order valence-corrected chi connectivity index (χ2v) is 5.67. The number of allylic oxidation sites excluding steroid dienone is 3. The number of hydrogen-bond acceptors (Lipinski definition) is 5. The van der Waals surface area contributed by atoms with E-state index in [9.17, 15) is 4.79 Å². The molecule has 134 valence electrons. The summed E-state index contributed by atoms with van der Waals surface area (Å²) in [5, 5.41) is 2.61. The van der Waals surface area contributed by atoms with E-state index in [1.807, 2.05) is 44.0 Å². The van der Waals surface area contributed by atoms with Crippen molar-refractivity contribution in [3.05, 3.63) is 54.5 Å². The summed E-state index contributed by atoms with van der Waals surface area (Å²) in [7, 11) is 1.90. The lowest BCUT2D eigenvalue weighted by Gasteiger charge is -2.29. The lowest BCUT2D eigenvalue weighted by molar-refractivity contribution is -0.0381. The molecule has 7 heteroatoms. The van der Waals surface area contributed by atoms with Crippen molar-refractivity contribution in [2.45, 2.75) is 26.2 Å². The molecule has 1 amide bonds. The van der Waals surface area contributed by atoms with Crippen molar-refractivity contribution in [2.24, 2.45) is 4.99 Å². The minimum Gasteiger partial charge on any atom is -0.442 e. The van der Waals surface area contributed by atoms with E-state index in [1.54, 1.807) is 18.5 Å². The molecule has 1 aliphatic rings. The molecule has 0 spiro atoms. The first kappa shape index (κ1) is 18.7. The summed E-state index contributed by atoms with van der Waals surface area (Å²) in [6.45, 7) is 8.29. The number of alkyl carbamates (subject to hydrolysis) is 1. The number of aromatic nitrogens is 1. The maximum Gasteiger partial charge on any atom is 0.407 e. The zero-order valence-corrected chi connectivity index (χ0v) is 14.8. The van der Waals surface area contributed by atoms with Crippen LogP contribution in [0.5, 0.6) is 0 Å². The molecule has 0 aromatic carbocycles. The standard InChI is InChI=1S/C18H24N4O3/c1-5-7-13(2)21-17(15-8-6-9-19-10-15)22(4)14(3)24-12-16-11-20-18(23)25-16/h5-10,14,16H,1,11-12H2,2-4H3,(H,20,23)/b13-7+,21-17?. The summed E-state index contributed by atoms with van der Waals surface area (Å²) >= 11 is 0. The molecule has 1 aromatic heterocycles. The molecule has 1 aliphatic heterocycles. The lowest BCUT2D eigenvalue weighted by atomic mass is 10.2. The smallest absolute Gasteiger partial charge is 0.407 e. The summed E-state index contributed by atoms with van der Waals surface area (Å²) in [5.41, 5.74) is 1.70. The highest BCUT2D eigenvalue weighted by Crippen LogP contribution is 2.12. The highest BCUT2D eigenvalue weighted by Gasteiger charge is 2.24. The van der Waals surface area contributed by atoms with E-state index in [2.05, 4.69) is 21.9 Å². The third kappa shape index (κ3) is 5.42. The number of ether oxygens (including phenoxy) is 2. The number of cyclic esters (lactones) is 1. The molecule has 1 aromatic rings. The van der Waals surface area contributed by atoms with Crippen LogP contribution in [0.3, 0.4) is 0 Å². The van der Waals surface area contributed by atoms with Gasteiger partial charge in [0.05, 0.1) is 13.2 Å². The van der Waals surface area contributed by atoms with Crippen molar-refractivity contribution in [3.63, 3.8) is 0 Å². The molecule has 0 radical (unpaired) electrons. The molecule has 2 unspecified atom stereocenters. The monoisotopic (exact) mass is 344 g/mol. The van der Waals surface area contributed by atoms with Crippen molar-refractivity contribution >= 4 is 11.9 Å². The Kier molecular flexibility index (Phi) is 6.71. The van der Waals surface area contributed by atoms with Crippen LogP contribution in [0.15, 0.2) is 53.9 Å². The molecule has 2 heterocycles. The number of nitrogens with one attached hydrogen (secondary N) is 1. The molecule has 1 saturated heterocycles. The number of hydrogen-bond donors (Lipinski definition) is 1. The number of amidine groups is 1. The molecule has 7 nitrogen and oxygen atoms in total. The number of carbonyl (C=O) groups excluding carboxylic acids is 1. The minimum atomic E-state index is -0.405. The number of pyridine rings is 1. The van der Waals surface area contributed by atoms with E-state index < -0.39 is 6.09 Å². The van der Waals surface area contributed by atoms with Gasteiger partial charge in [-0.15, -0.1) is 0 Å². The number of rotatable bonds is 7. The lowest BCUT2D eigenvalue weighted by Crippen LogP contribution is -2.39. The molecule has 1 N–H and O–H groups in total. The number of nitrogens with zero attached hydrogens (tertiary/aromatic N) is 3. The Balaban J connectivity index is 2.11. The summed E-state index contributed by atoms with van der Waals surface area (Å²) in [5.74, 6) is 0.734. The Labute approximate surface area is 148 Å². The normalized spacial score (nSPS) is 19.2. The average Bonchev–Trinajstić information content (AvgIpc) is 3.03. The fraction of sp³-hybridized carbons (Fsp3) is 0.389. The van der Waals surface area contributed by atoms with Gasteiger partial charge in [0.25, 0.3) is 0 Å². The van der Waals surface area contributed by atoms with Crippen LogP contribution < -0.4 is 5.32 Å². The van der Waals surface area contributed by atoms with E-state index in [1.165, 1.54) is 0 Å². The van der Waals surface area contributed by atoms with Gasteiger partial charge in [-0.25, -0.2) is 9.79 Å². The van der Waals surface area contributed by atoms with Gasteiger partial charge in [-0.05, 0) is 32.1 Å². The molecule has 0 aliphatic carbocycles. The van der Waals surface area contributed by atoms with E-state index in [0.29, 0.717) is 13.2 Å². The van der Waals surface area contributed by atoms with Gasteiger partial charge in [0.1, 0.15) is 18.2 Å². The minimum absolute atomic E-state index is 0.269. The van der Waals surface area contributed by atoms with Gasteiger partial charge in [-0.3, -0.25) is 4.98 Å². The van der Waals surface area contributed by atoms with Crippen molar-refractivity contribution in [1.82, 2.24) is 15.2 Å². The predicted octanol–water partition coefficient (Wildman–Crippen LogP) is 2.32. The topological polar surface area (TPSA) is 76.0 Å². The summed E-state index contributed by atoms with van der Waals surface area (Å²) in [4.78, 5) is 21.8. The summed E-state index contributed by atoms with van der Waals surface area (Å²) < 4.78 is 10.9. The summed E-state index contributed by atoms with van der Waals surface area (Å²) in [6, 6.07) is 3.80. The fourth-order valence-electron chi connectivity index (χ4n) is 2.27. The van der Waals surface area contributed by atoms with Crippen LogP contribution in [0.1, 0.15) is 19.4 Å². The zero-order valence-electron chi connectivity index (χ0n) is 14.8. The van der Waals surface area contributed by atoms with Crippen LogP contribution in [0.25, 0.3) is 0 Å². The average molecular weight is 344 g/mol. The molecule has 25 heavy (non-hydrogen) atoms. The third-order valence-electron chi connectivity index (χ3n) is 3.71. The van der Waals surface area contributed by atoms with Crippen molar-refractivity contribution in [2.75, 3.05) is 20.2 Å². The Morgan fingerprint density at radius 2 is 2.48 bits per heavy atom. The van der Waals surface area contributed by atoms with Crippen molar-refractivity contribution in [1.29, 1.82) is 0 Å². The molecule has 0 saturated carbocycles. The third-order valence-corrected chi connectivity index (χ3v) is 3.71. The zero-order chi connectivity index (χ0) is 18.2. The SMILES string of the molecule is C=C/C=C(\C)N=C(c1cccnc1)N(C)C(C)OCC1CNC(=O)O1. The van der Waals surface area contributed by atoms with Gasteiger partial charge in [0.2, 0.25) is 0 Å². The second-order valence-electron chi connectivity index (χ2n) is 5.67. The molecular formula is C18H24N4O3. The predicted molar refractivity (Wildman–Crippen MR) is 96.2 cm³/mol. The number of carbonyl (C=O) groups is 1. The maximum atomic E-state index is 11.1. The molecule has 2 rings (SSSR count). The number of amides is 1. The van der Waals surface area contributed by atoms with E-state index >= 15 is 0 Å². The molecular weight excluding hydrogens is 320 g/mol. The second kappa shape index (κ2) is 8.98. The van der Waals surface area contributed by atoms with Gasteiger partial charge >= 0.3 is 6.09 Å². The maximum absolute atomic E-state index is 11.1. The molecule has 1 fully saturated rings. The first-order chi connectivity index (χ1) is 12.0. The van der Waals surface area contributed by atoms with Crippen LogP contribution >= 0.6 is 0 Å². The fourth-order valence-corrected chi connectivity index (χ4v) is 2.27. The quantitative estimate of drug-likeness (QED) is 0.355. The Hall–Kier alpha value is -2.67. The van der Waals surface area contributed by atoms with Gasteiger partial charge in [0.15, 0.2) is 0 Å².